The summed E-state index contributed by atoms with van der Waals surface area (Å²) in [6, 6.07) is 8.07. The minimum Gasteiger partial charge on any atom is -0.335 e. The van der Waals surface area contributed by atoms with Crippen LogP contribution in [0.25, 0.3) is 0 Å². The third kappa shape index (κ3) is 3.10. The van der Waals surface area contributed by atoms with Crippen molar-refractivity contribution in [2.24, 2.45) is 5.92 Å². The average Bonchev–Trinajstić information content (AvgIpc) is 2.76. The van der Waals surface area contributed by atoms with E-state index in [1.165, 1.54) is 5.56 Å². The number of rotatable bonds is 3. The molecule has 0 spiro atoms. The molecular formula is C15H18FNO3S. The van der Waals surface area contributed by atoms with Gasteiger partial charge in [-0.3, -0.25) is 4.79 Å². The highest BCUT2D eigenvalue weighted by atomic mass is 32.3. The molecule has 6 heteroatoms. The molecule has 1 amide bonds. The van der Waals surface area contributed by atoms with Crippen LogP contribution in [0, 0.1) is 5.92 Å². The molecule has 1 aliphatic heterocycles. The van der Waals surface area contributed by atoms with Gasteiger partial charge in [0.1, 0.15) is 0 Å². The maximum Gasteiger partial charge on any atom is 0.302 e. The van der Waals surface area contributed by atoms with Gasteiger partial charge >= 0.3 is 10.2 Å². The van der Waals surface area contributed by atoms with Crippen LogP contribution in [0.5, 0.6) is 0 Å². The second-order valence-corrected chi connectivity index (χ2v) is 7.34. The van der Waals surface area contributed by atoms with Crippen LogP contribution >= 0.6 is 0 Å². The maximum atomic E-state index is 12.8. The largest absolute Gasteiger partial charge is 0.335 e. The molecule has 114 valence electrons. The summed E-state index contributed by atoms with van der Waals surface area (Å²) in [7, 11) is -4.52. The van der Waals surface area contributed by atoms with Crippen molar-refractivity contribution in [2.45, 2.75) is 31.7 Å². The lowest BCUT2D eigenvalue weighted by Gasteiger charge is -2.33. The van der Waals surface area contributed by atoms with Crippen molar-refractivity contribution in [1.82, 2.24) is 4.90 Å². The van der Waals surface area contributed by atoms with Crippen LogP contribution in [0.1, 0.15) is 36.4 Å². The van der Waals surface area contributed by atoms with E-state index in [2.05, 4.69) is 6.07 Å². The summed E-state index contributed by atoms with van der Waals surface area (Å²) in [5.41, 5.74) is 2.41. The molecule has 1 aromatic rings. The molecule has 4 nitrogen and oxygen atoms in total. The highest BCUT2D eigenvalue weighted by molar-refractivity contribution is 7.86. The van der Waals surface area contributed by atoms with Crippen LogP contribution in [-0.2, 0) is 21.4 Å². The van der Waals surface area contributed by atoms with E-state index in [9.17, 15) is 17.1 Å². The third-order valence-electron chi connectivity index (χ3n) is 4.39. The molecule has 2 aliphatic rings. The number of hydrogen-bond donors (Lipinski definition) is 0. The van der Waals surface area contributed by atoms with Crippen molar-refractivity contribution < 1.29 is 17.1 Å². The number of halogens is 1. The van der Waals surface area contributed by atoms with E-state index in [0.29, 0.717) is 6.54 Å². The predicted octanol–water partition coefficient (Wildman–Crippen LogP) is 2.21. The number of aryl methyl sites for hydroxylation is 1. The molecule has 1 fully saturated rings. The summed E-state index contributed by atoms with van der Waals surface area (Å²) in [6.45, 7) is 0.334. The second kappa shape index (κ2) is 5.40. The Labute approximate surface area is 124 Å². The minimum atomic E-state index is -4.52. The fourth-order valence-corrected chi connectivity index (χ4v) is 4.34. The van der Waals surface area contributed by atoms with Crippen molar-refractivity contribution in [3.63, 3.8) is 0 Å². The van der Waals surface area contributed by atoms with Crippen molar-refractivity contribution in [2.75, 3.05) is 12.3 Å². The Morgan fingerprint density at radius 1 is 1.29 bits per heavy atom. The summed E-state index contributed by atoms with van der Waals surface area (Å²) in [5.74, 6) is -1.05. The van der Waals surface area contributed by atoms with Crippen LogP contribution < -0.4 is 0 Å². The van der Waals surface area contributed by atoms with Gasteiger partial charge in [0.05, 0.1) is 11.8 Å². The number of nitrogens with zero attached hydrogens (tertiary/aromatic N) is 1. The highest BCUT2D eigenvalue weighted by Gasteiger charge is 2.38. The van der Waals surface area contributed by atoms with Crippen molar-refractivity contribution >= 4 is 16.1 Å². The molecule has 0 bridgehead atoms. The van der Waals surface area contributed by atoms with Crippen LogP contribution in [0.2, 0.25) is 0 Å². The van der Waals surface area contributed by atoms with Gasteiger partial charge in [0.2, 0.25) is 5.91 Å². The van der Waals surface area contributed by atoms with E-state index < -0.39 is 21.9 Å². The molecule has 0 radical (unpaired) electrons. The van der Waals surface area contributed by atoms with E-state index in [0.717, 1.165) is 24.8 Å². The number of benzene rings is 1. The zero-order chi connectivity index (χ0) is 15.0. The van der Waals surface area contributed by atoms with Gasteiger partial charge in [-0.2, -0.15) is 8.42 Å². The SMILES string of the molecule is O=C1CC(CS(=O)(=O)F)CN1C1CCCc2ccccc21. The molecule has 0 aromatic heterocycles. The van der Waals surface area contributed by atoms with Gasteiger partial charge in [0, 0.05) is 18.9 Å². The van der Waals surface area contributed by atoms with Gasteiger partial charge in [0.25, 0.3) is 0 Å². The maximum absolute atomic E-state index is 12.8. The van der Waals surface area contributed by atoms with E-state index in [4.69, 9.17) is 0 Å². The first kappa shape index (κ1) is 14.5. The lowest BCUT2D eigenvalue weighted by molar-refractivity contribution is -0.130. The molecule has 1 heterocycles. The normalized spacial score (nSPS) is 26.0. The molecule has 2 unspecified atom stereocenters. The first-order valence-electron chi connectivity index (χ1n) is 7.23. The molecule has 0 N–H and O–H groups in total. The Morgan fingerprint density at radius 3 is 2.81 bits per heavy atom. The van der Waals surface area contributed by atoms with Crippen LogP contribution in [0.15, 0.2) is 24.3 Å². The number of likely N-dealkylation sites (tertiary alicyclic amines) is 1. The van der Waals surface area contributed by atoms with Gasteiger partial charge in [-0.15, -0.1) is 3.89 Å². The molecule has 1 aliphatic carbocycles. The first-order chi connectivity index (χ1) is 9.94. The Bertz CT molecular complexity index is 659. The monoisotopic (exact) mass is 311 g/mol. The van der Waals surface area contributed by atoms with E-state index in [1.807, 2.05) is 18.2 Å². The Kier molecular flexibility index (Phi) is 3.73. The highest BCUT2D eigenvalue weighted by Crippen LogP contribution is 2.37. The molecule has 3 rings (SSSR count). The van der Waals surface area contributed by atoms with E-state index in [1.54, 1.807) is 4.90 Å². The summed E-state index contributed by atoms with van der Waals surface area (Å²) in [4.78, 5) is 13.9. The summed E-state index contributed by atoms with van der Waals surface area (Å²) >= 11 is 0. The van der Waals surface area contributed by atoms with Gasteiger partial charge in [-0.1, -0.05) is 24.3 Å². The molecular weight excluding hydrogens is 293 g/mol. The standard InChI is InChI=1S/C15H18FNO3S/c16-21(19,20)10-11-8-15(18)17(9-11)14-7-3-5-12-4-1-2-6-13(12)14/h1-2,4,6,11,14H,3,5,7-10H2. The Hall–Kier alpha value is -1.43. The number of carbonyl (C=O) groups is 1. The van der Waals surface area contributed by atoms with Gasteiger partial charge < -0.3 is 4.90 Å². The number of hydrogen-bond acceptors (Lipinski definition) is 3. The smallest absolute Gasteiger partial charge is 0.302 e. The quantitative estimate of drug-likeness (QED) is 0.804. The fourth-order valence-electron chi connectivity index (χ4n) is 3.56. The van der Waals surface area contributed by atoms with Crippen LogP contribution in [0.4, 0.5) is 3.89 Å². The van der Waals surface area contributed by atoms with Crippen LogP contribution in [0.3, 0.4) is 0 Å². The molecule has 21 heavy (non-hydrogen) atoms. The second-order valence-electron chi connectivity index (χ2n) is 5.93. The van der Waals surface area contributed by atoms with Gasteiger partial charge in [-0.05, 0) is 30.4 Å². The zero-order valence-corrected chi connectivity index (χ0v) is 12.5. The molecule has 0 saturated carbocycles. The lowest BCUT2D eigenvalue weighted by atomic mass is 9.87. The van der Waals surface area contributed by atoms with Crippen molar-refractivity contribution in [3.05, 3.63) is 35.4 Å². The Balaban J connectivity index is 1.81. The molecule has 1 saturated heterocycles. The first-order valence-corrected chi connectivity index (χ1v) is 8.79. The number of carbonyl (C=O) groups excluding carboxylic acids is 1. The van der Waals surface area contributed by atoms with Crippen LogP contribution in [-0.4, -0.2) is 31.5 Å². The summed E-state index contributed by atoms with van der Waals surface area (Å²) in [6.07, 6.45) is 3.04. The topological polar surface area (TPSA) is 54.5 Å². The summed E-state index contributed by atoms with van der Waals surface area (Å²) in [5, 5.41) is 0. The minimum absolute atomic E-state index is 0.00904. The zero-order valence-electron chi connectivity index (χ0n) is 11.7. The number of amides is 1. The lowest BCUT2D eigenvalue weighted by Crippen LogP contribution is -2.33. The predicted molar refractivity (Wildman–Crippen MR) is 76.8 cm³/mol. The molecule has 2 atom stereocenters. The van der Waals surface area contributed by atoms with Gasteiger partial charge in [-0.25, -0.2) is 0 Å². The summed E-state index contributed by atoms with van der Waals surface area (Å²) < 4.78 is 34.4. The van der Waals surface area contributed by atoms with E-state index >= 15 is 0 Å². The third-order valence-corrected chi connectivity index (χ3v) is 5.26. The van der Waals surface area contributed by atoms with Gasteiger partial charge in [0.15, 0.2) is 0 Å². The Morgan fingerprint density at radius 2 is 2.05 bits per heavy atom. The molecule has 1 aromatic carbocycles. The number of fused-ring (bicyclic) bond motifs is 1. The average molecular weight is 311 g/mol. The fraction of sp³-hybridized carbons (Fsp3) is 0.533. The van der Waals surface area contributed by atoms with E-state index in [-0.39, 0.29) is 18.4 Å². The van der Waals surface area contributed by atoms with Crippen molar-refractivity contribution in [1.29, 1.82) is 0 Å². The van der Waals surface area contributed by atoms with Crippen molar-refractivity contribution in [3.8, 4) is 0 Å².